The highest BCUT2D eigenvalue weighted by Crippen LogP contribution is 2.30. The molecular formula is C20H21F3N2O3. The monoisotopic (exact) mass is 394 g/mol. The fraction of sp³-hybridized carbons (Fsp3) is 0.350. The van der Waals surface area contributed by atoms with Gasteiger partial charge in [0.25, 0.3) is 5.91 Å². The van der Waals surface area contributed by atoms with Crippen LogP contribution >= 0.6 is 0 Å². The lowest BCUT2D eigenvalue weighted by Crippen LogP contribution is -2.48. The topological polar surface area (TPSA) is 42.0 Å². The van der Waals surface area contributed by atoms with E-state index >= 15 is 0 Å². The van der Waals surface area contributed by atoms with E-state index in [9.17, 15) is 18.0 Å². The molecule has 0 radical (unpaired) electrons. The van der Waals surface area contributed by atoms with Crippen molar-refractivity contribution in [3.8, 4) is 11.5 Å². The third-order valence-corrected chi connectivity index (χ3v) is 4.61. The van der Waals surface area contributed by atoms with Gasteiger partial charge in [-0.3, -0.25) is 9.69 Å². The lowest BCUT2D eigenvalue weighted by molar-refractivity contribution is -0.0512. The van der Waals surface area contributed by atoms with Crippen molar-refractivity contribution in [1.82, 2.24) is 9.80 Å². The van der Waals surface area contributed by atoms with Crippen LogP contribution in [0.4, 0.5) is 13.2 Å². The minimum atomic E-state index is -2.97. The van der Waals surface area contributed by atoms with E-state index in [1.807, 2.05) is 0 Å². The molecule has 1 amide bonds. The Balaban J connectivity index is 1.59. The predicted molar refractivity (Wildman–Crippen MR) is 97.2 cm³/mol. The van der Waals surface area contributed by atoms with Crippen molar-refractivity contribution in [2.75, 3.05) is 33.3 Å². The van der Waals surface area contributed by atoms with Crippen LogP contribution in [0.1, 0.15) is 15.9 Å². The number of carbonyl (C=O) groups is 1. The molecule has 0 unspecified atom stereocenters. The number of hydrogen-bond acceptors (Lipinski definition) is 4. The lowest BCUT2D eigenvalue weighted by Gasteiger charge is -2.34. The molecule has 2 aromatic carbocycles. The second-order valence-electron chi connectivity index (χ2n) is 6.44. The summed E-state index contributed by atoms with van der Waals surface area (Å²) in [7, 11) is 1.33. The molecule has 1 aliphatic rings. The van der Waals surface area contributed by atoms with Crippen molar-refractivity contribution in [3.63, 3.8) is 0 Å². The van der Waals surface area contributed by atoms with E-state index in [1.54, 1.807) is 17.0 Å². The first-order valence-electron chi connectivity index (χ1n) is 8.85. The van der Waals surface area contributed by atoms with Gasteiger partial charge in [0, 0.05) is 38.3 Å². The van der Waals surface area contributed by atoms with Crippen molar-refractivity contribution in [1.29, 1.82) is 0 Å². The Morgan fingerprint density at radius 3 is 2.32 bits per heavy atom. The van der Waals surface area contributed by atoms with E-state index in [-0.39, 0.29) is 23.2 Å². The zero-order valence-electron chi connectivity index (χ0n) is 15.4. The molecule has 0 atom stereocenters. The number of ether oxygens (including phenoxy) is 2. The lowest BCUT2D eigenvalue weighted by atomic mass is 10.1. The Morgan fingerprint density at radius 1 is 1.04 bits per heavy atom. The minimum Gasteiger partial charge on any atom is -0.493 e. The van der Waals surface area contributed by atoms with Crippen molar-refractivity contribution < 1.29 is 27.4 Å². The molecule has 28 heavy (non-hydrogen) atoms. The molecule has 8 heteroatoms. The molecule has 1 saturated heterocycles. The molecule has 0 bridgehead atoms. The summed E-state index contributed by atoms with van der Waals surface area (Å²) in [5.41, 5.74) is 1.37. The maximum Gasteiger partial charge on any atom is 0.387 e. The van der Waals surface area contributed by atoms with Gasteiger partial charge in [0.2, 0.25) is 0 Å². The Bertz CT molecular complexity index is 807. The number of carbonyl (C=O) groups excluding carboxylic acids is 1. The van der Waals surface area contributed by atoms with Crippen LogP contribution in [0.15, 0.2) is 42.5 Å². The van der Waals surface area contributed by atoms with Gasteiger partial charge in [-0.05, 0) is 35.9 Å². The first-order valence-corrected chi connectivity index (χ1v) is 8.85. The van der Waals surface area contributed by atoms with Crippen LogP contribution in [0, 0.1) is 5.82 Å². The van der Waals surface area contributed by atoms with Crippen molar-refractivity contribution in [2.45, 2.75) is 13.2 Å². The van der Waals surface area contributed by atoms with Crippen LogP contribution in [-0.2, 0) is 6.54 Å². The molecule has 1 aliphatic heterocycles. The molecule has 0 aliphatic carbocycles. The number of amides is 1. The summed E-state index contributed by atoms with van der Waals surface area (Å²) in [6.45, 7) is 0.176. The van der Waals surface area contributed by atoms with Gasteiger partial charge in [0.05, 0.1) is 7.11 Å². The van der Waals surface area contributed by atoms with Crippen LogP contribution in [0.2, 0.25) is 0 Å². The number of hydrogen-bond donors (Lipinski definition) is 0. The van der Waals surface area contributed by atoms with Gasteiger partial charge in [-0.15, -0.1) is 0 Å². The van der Waals surface area contributed by atoms with E-state index < -0.39 is 6.61 Å². The van der Waals surface area contributed by atoms with Crippen molar-refractivity contribution in [2.24, 2.45) is 0 Å². The van der Waals surface area contributed by atoms with Crippen LogP contribution in [0.5, 0.6) is 11.5 Å². The quantitative estimate of drug-likeness (QED) is 0.753. The number of nitrogens with zero attached hydrogens (tertiary/aromatic N) is 2. The molecule has 2 aromatic rings. The normalized spacial score (nSPS) is 15.0. The molecule has 1 heterocycles. The Labute approximate surface area is 161 Å². The van der Waals surface area contributed by atoms with Gasteiger partial charge in [-0.25, -0.2) is 4.39 Å². The largest absolute Gasteiger partial charge is 0.493 e. The van der Waals surface area contributed by atoms with Gasteiger partial charge in [-0.2, -0.15) is 8.78 Å². The highest BCUT2D eigenvalue weighted by atomic mass is 19.3. The summed E-state index contributed by atoms with van der Waals surface area (Å²) in [6, 6.07) is 10.5. The van der Waals surface area contributed by atoms with E-state index in [2.05, 4.69) is 9.64 Å². The number of alkyl halides is 2. The van der Waals surface area contributed by atoms with E-state index in [0.29, 0.717) is 38.3 Å². The SMILES string of the molecule is COc1cc(C(=O)N2CCN(Cc3ccc(F)cc3)CC2)ccc1OC(F)F. The zero-order chi connectivity index (χ0) is 20.1. The van der Waals surface area contributed by atoms with Gasteiger partial charge in [0.15, 0.2) is 11.5 Å². The van der Waals surface area contributed by atoms with E-state index in [4.69, 9.17) is 4.74 Å². The molecule has 5 nitrogen and oxygen atoms in total. The average Bonchev–Trinajstić information content (AvgIpc) is 2.69. The number of rotatable bonds is 6. The van der Waals surface area contributed by atoms with Gasteiger partial charge in [-0.1, -0.05) is 12.1 Å². The zero-order valence-corrected chi connectivity index (χ0v) is 15.4. The first-order chi connectivity index (χ1) is 13.5. The second-order valence-corrected chi connectivity index (χ2v) is 6.44. The van der Waals surface area contributed by atoms with E-state index in [0.717, 1.165) is 5.56 Å². The summed E-state index contributed by atoms with van der Waals surface area (Å²) in [5, 5.41) is 0. The molecule has 0 N–H and O–H groups in total. The molecule has 0 spiro atoms. The van der Waals surface area contributed by atoms with Crippen LogP contribution in [-0.4, -0.2) is 55.6 Å². The van der Waals surface area contributed by atoms with Gasteiger partial charge >= 0.3 is 6.61 Å². The number of piperazine rings is 1. The highest BCUT2D eigenvalue weighted by molar-refractivity contribution is 5.95. The summed E-state index contributed by atoms with van der Waals surface area (Å²) in [5.74, 6) is -0.484. The van der Waals surface area contributed by atoms with Crippen LogP contribution < -0.4 is 9.47 Å². The summed E-state index contributed by atoms with van der Waals surface area (Å²) >= 11 is 0. The fourth-order valence-electron chi connectivity index (χ4n) is 3.13. The third-order valence-electron chi connectivity index (χ3n) is 4.61. The van der Waals surface area contributed by atoms with Crippen molar-refractivity contribution >= 4 is 5.91 Å². The van der Waals surface area contributed by atoms with E-state index in [1.165, 1.54) is 37.4 Å². The Morgan fingerprint density at radius 2 is 1.71 bits per heavy atom. The van der Waals surface area contributed by atoms with Crippen LogP contribution in [0.25, 0.3) is 0 Å². The summed E-state index contributed by atoms with van der Waals surface area (Å²) in [4.78, 5) is 16.6. The Hall–Kier alpha value is -2.74. The second kappa shape index (κ2) is 8.97. The predicted octanol–water partition coefficient (Wildman–Crippen LogP) is 3.39. The molecule has 0 saturated carbocycles. The number of halogens is 3. The molecule has 1 fully saturated rings. The summed E-state index contributed by atoms with van der Waals surface area (Å²) in [6.07, 6.45) is 0. The number of methoxy groups -OCH3 is 1. The maximum atomic E-state index is 13.0. The first kappa shape index (κ1) is 20.0. The highest BCUT2D eigenvalue weighted by Gasteiger charge is 2.23. The fourth-order valence-corrected chi connectivity index (χ4v) is 3.13. The number of benzene rings is 2. The molecule has 3 rings (SSSR count). The Kier molecular flexibility index (Phi) is 6.41. The molecule has 150 valence electrons. The third kappa shape index (κ3) is 4.95. The molecule has 0 aromatic heterocycles. The maximum absolute atomic E-state index is 13.0. The molecular weight excluding hydrogens is 373 g/mol. The van der Waals surface area contributed by atoms with Gasteiger partial charge in [0.1, 0.15) is 5.82 Å². The standard InChI is InChI=1S/C20H21F3N2O3/c1-27-18-12-15(4-7-17(18)28-20(22)23)19(26)25-10-8-24(9-11-25)13-14-2-5-16(21)6-3-14/h2-7,12,20H,8-11,13H2,1H3. The van der Waals surface area contributed by atoms with Gasteiger partial charge < -0.3 is 14.4 Å². The minimum absolute atomic E-state index is 0.0843. The van der Waals surface area contributed by atoms with Crippen LogP contribution in [0.3, 0.4) is 0 Å². The average molecular weight is 394 g/mol. The summed E-state index contributed by atoms with van der Waals surface area (Å²) < 4.78 is 47.3. The smallest absolute Gasteiger partial charge is 0.387 e. The van der Waals surface area contributed by atoms with Crippen molar-refractivity contribution in [3.05, 3.63) is 59.4 Å².